The lowest BCUT2D eigenvalue weighted by atomic mass is 10.1. The number of ether oxygens (including phenoxy) is 1. The molecule has 4 rings (SSSR count). The molecule has 0 saturated carbocycles. The van der Waals surface area contributed by atoms with Gasteiger partial charge in [-0.25, -0.2) is 9.48 Å². The van der Waals surface area contributed by atoms with Crippen molar-refractivity contribution in [3.05, 3.63) is 76.3 Å². The number of rotatable bonds is 9. The molecule has 32 heavy (non-hydrogen) atoms. The number of carbonyl (C=O) groups excluding carboxylic acids is 2. The summed E-state index contributed by atoms with van der Waals surface area (Å²) in [4.78, 5) is 41.4. The molecule has 0 bridgehead atoms. The Bertz CT molecular complexity index is 1340. The first kappa shape index (κ1) is 21.5. The number of fused-ring (bicyclic) bond motifs is 2. The molecule has 0 radical (unpaired) electrons. The zero-order valence-corrected chi connectivity index (χ0v) is 18.0. The Hall–Kier alpha value is -3.74. The van der Waals surface area contributed by atoms with Crippen molar-refractivity contribution >= 4 is 33.4 Å². The van der Waals surface area contributed by atoms with E-state index in [1.165, 1.54) is 4.68 Å². The van der Waals surface area contributed by atoms with Gasteiger partial charge in [-0.3, -0.25) is 9.59 Å². The van der Waals surface area contributed by atoms with E-state index in [4.69, 9.17) is 4.74 Å². The van der Waals surface area contributed by atoms with Gasteiger partial charge in [-0.15, -0.1) is 0 Å². The van der Waals surface area contributed by atoms with E-state index in [2.05, 4.69) is 17.0 Å². The fraction of sp³-hybridized carbons (Fsp3) is 0.280. The second-order valence-corrected chi connectivity index (χ2v) is 7.73. The van der Waals surface area contributed by atoms with E-state index in [1.54, 1.807) is 30.5 Å². The van der Waals surface area contributed by atoms with Crippen LogP contribution in [0, 0.1) is 0 Å². The van der Waals surface area contributed by atoms with E-state index in [0.29, 0.717) is 22.9 Å². The van der Waals surface area contributed by atoms with Crippen LogP contribution in [0.15, 0.2) is 59.5 Å². The molecular weight excluding hydrogens is 406 g/mol. The molecule has 0 saturated heterocycles. The predicted octanol–water partition coefficient (Wildman–Crippen LogP) is 4.50. The Kier molecular flexibility index (Phi) is 6.44. The number of ketones is 1. The first-order valence-electron chi connectivity index (χ1n) is 10.9. The number of hydrogen-bond donors (Lipinski definition) is 1. The van der Waals surface area contributed by atoms with E-state index in [9.17, 15) is 14.4 Å². The minimum atomic E-state index is -0.725. The van der Waals surface area contributed by atoms with Crippen LogP contribution in [-0.2, 0) is 11.3 Å². The van der Waals surface area contributed by atoms with Crippen molar-refractivity contribution in [2.45, 2.75) is 39.2 Å². The van der Waals surface area contributed by atoms with Gasteiger partial charge in [0.2, 0.25) is 5.78 Å². The van der Waals surface area contributed by atoms with Gasteiger partial charge < -0.3 is 9.72 Å². The highest BCUT2D eigenvalue weighted by Gasteiger charge is 2.20. The Labute approximate surface area is 185 Å². The maximum absolute atomic E-state index is 12.9. The van der Waals surface area contributed by atoms with Crippen molar-refractivity contribution < 1.29 is 14.3 Å². The molecule has 0 unspecified atom stereocenters. The fourth-order valence-electron chi connectivity index (χ4n) is 3.81. The highest BCUT2D eigenvalue weighted by molar-refractivity contribution is 6.09. The van der Waals surface area contributed by atoms with Crippen molar-refractivity contribution in [3.63, 3.8) is 0 Å². The number of H-pyrrole nitrogens is 1. The summed E-state index contributed by atoms with van der Waals surface area (Å²) in [6.45, 7) is 2.14. The molecule has 0 atom stereocenters. The number of nitrogens with one attached hydrogen (secondary N) is 1. The van der Waals surface area contributed by atoms with Gasteiger partial charge in [-0.2, -0.15) is 5.10 Å². The first-order valence-corrected chi connectivity index (χ1v) is 10.9. The molecule has 7 heteroatoms. The molecule has 0 aliphatic rings. The monoisotopic (exact) mass is 431 g/mol. The van der Waals surface area contributed by atoms with Gasteiger partial charge >= 0.3 is 5.97 Å². The van der Waals surface area contributed by atoms with Crippen molar-refractivity contribution in [2.75, 3.05) is 6.61 Å². The number of hydrogen-bond acceptors (Lipinski definition) is 5. The number of unbranched alkanes of at least 4 members (excludes halogenated alkanes) is 3. The van der Waals surface area contributed by atoms with Gasteiger partial charge in [-0.05, 0) is 18.6 Å². The maximum atomic E-state index is 12.9. The zero-order chi connectivity index (χ0) is 22.5. The van der Waals surface area contributed by atoms with Crippen molar-refractivity contribution in [1.82, 2.24) is 14.8 Å². The highest BCUT2D eigenvalue weighted by Crippen LogP contribution is 2.19. The molecule has 0 spiro atoms. The van der Waals surface area contributed by atoms with Crippen LogP contribution in [0.25, 0.3) is 21.7 Å². The second kappa shape index (κ2) is 9.60. The van der Waals surface area contributed by atoms with Gasteiger partial charge in [0.15, 0.2) is 12.3 Å². The SMILES string of the molecule is CCCCCCn1nc(C(=O)OCC(=O)c2c[nH]c3ccccc23)c2ccccc2c1=O. The number of benzene rings is 2. The van der Waals surface area contributed by atoms with Gasteiger partial charge in [0, 0.05) is 34.6 Å². The van der Waals surface area contributed by atoms with Crippen molar-refractivity contribution in [3.8, 4) is 0 Å². The predicted molar refractivity (Wildman–Crippen MR) is 123 cm³/mol. The maximum Gasteiger partial charge on any atom is 0.359 e. The number of nitrogens with zero attached hydrogens (tertiary/aromatic N) is 2. The molecule has 0 amide bonds. The van der Waals surface area contributed by atoms with Crippen LogP contribution in [0.2, 0.25) is 0 Å². The normalized spacial score (nSPS) is 11.2. The summed E-state index contributed by atoms with van der Waals surface area (Å²) < 4.78 is 6.66. The molecule has 164 valence electrons. The van der Waals surface area contributed by atoms with E-state index in [-0.39, 0.29) is 17.0 Å². The summed E-state index contributed by atoms with van der Waals surface area (Å²) >= 11 is 0. The number of aryl methyl sites for hydroxylation is 1. The van der Waals surface area contributed by atoms with Gasteiger partial charge in [0.05, 0.1) is 5.39 Å². The topological polar surface area (TPSA) is 94.1 Å². The Morgan fingerprint density at radius 3 is 2.47 bits per heavy atom. The van der Waals surface area contributed by atoms with Crippen LogP contribution in [0.4, 0.5) is 0 Å². The van der Waals surface area contributed by atoms with Crippen LogP contribution in [-0.4, -0.2) is 33.1 Å². The van der Waals surface area contributed by atoms with E-state index in [1.807, 2.05) is 24.3 Å². The lowest BCUT2D eigenvalue weighted by Crippen LogP contribution is -2.27. The minimum absolute atomic E-state index is 0.0439. The van der Waals surface area contributed by atoms with Crippen LogP contribution in [0.1, 0.15) is 53.5 Å². The van der Waals surface area contributed by atoms with E-state index in [0.717, 1.165) is 36.6 Å². The summed E-state index contributed by atoms with van der Waals surface area (Å²) in [5.74, 6) is -1.04. The molecule has 2 aromatic heterocycles. The van der Waals surface area contributed by atoms with Gasteiger partial charge in [-0.1, -0.05) is 62.6 Å². The average molecular weight is 431 g/mol. The molecule has 0 aliphatic carbocycles. The third kappa shape index (κ3) is 4.32. The summed E-state index contributed by atoms with van der Waals surface area (Å²) in [6.07, 6.45) is 5.56. The number of Topliss-reactive ketones (excluding diaryl/α,β-unsaturated/α-hetero) is 1. The smallest absolute Gasteiger partial charge is 0.359 e. The molecule has 0 aliphatic heterocycles. The first-order chi connectivity index (χ1) is 15.6. The summed E-state index contributed by atoms with van der Waals surface area (Å²) in [6, 6.07) is 14.3. The van der Waals surface area contributed by atoms with Crippen LogP contribution < -0.4 is 5.56 Å². The number of para-hydroxylation sites is 1. The molecular formula is C25H25N3O4. The molecule has 7 nitrogen and oxygen atoms in total. The second-order valence-electron chi connectivity index (χ2n) is 7.73. The molecule has 2 heterocycles. The molecule has 2 aromatic carbocycles. The largest absolute Gasteiger partial charge is 0.452 e. The molecule has 0 fully saturated rings. The number of aromatic amines is 1. The summed E-state index contributed by atoms with van der Waals surface area (Å²) in [5.41, 5.74) is 1.11. The third-order valence-electron chi connectivity index (χ3n) is 5.51. The standard InChI is InChI=1S/C25H25N3O4/c1-2-3-4-9-14-28-24(30)19-12-6-5-11-18(19)23(27-28)25(31)32-16-22(29)20-15-26-21-13-8-7-10-17(20)21/h5-8,10-13,15,26H,2-4,9,14,16H2,1H3. The van der Waals surface area contributed by atoms with E-state index < -0.39 is 12.6 Å². The Morgan fingerprint density at radius 2 is 1.69 bits per heavy atom. The fourth-order valence-corrected chi connectivity index (χ4v) is 3.81. The number of esters is 1. The van der Waals surface area contributed by atoms with Crippen LogP contribution in [0.5, 0.6) is 0 Å². The number of carbonyl (C=O) groups is 2. The van der Waals surface area contributed by atoms with Crippen molar-refractivity contribution in [2.24, 2.45) is 0 Å². The quantitative estimate of drug-likeness (QED) is 0.239. The van der Waals surface area contributed by atoms with Crippen LogP contribution >= 0.6 is 0 Å². The lowest BCUT2D eigenvalue weighted by molar-refractivity contribution is 0.0469. The summed E-state index contributed by atoms with van der Waals surface area (Å²) in [5, 5.41) is 5.91. The number of aromatic nitrogens is 3. The Balaban J connectivity index is 1.56. The minimum Gasteiger partial charge on any atom is -0.452 e. The highest BCUT2D eigenvalue weighted by atomic mass is 16.5. The average Bonchev–Trinajstić information content (AvgIpc) is 3.26. The molecule has 4 aromatic rings. The molecule has 1 N–H and O–H groups in total. The third-order valence-corrected chi connectivity index (χ3v) is 5.51. The summed E-state index contributed by atoms with van der Waals surface area (Å²) in [7, 11) is 0. The van der Waals surface area contributed by atoms with Gasteiger partial charge in [0.1, 0.15) is 0 Å². The lowest BCUT2D eigenvalue weighted by Gasteiger charge is -2.11. The van der Waals surface area contributed by atoms with Crippen LogP contribution in [0.3, 0.4) is 0 Å². The zero-order valence-electron chi connectivity index (χ0n) is 18.0. The van der Waals surface area contributed by atoms with Gasteiger partial charge in [0.25, 0.3) is 5.56 Å². The Morgan fingerprint density at radius 1 is 0.969 bits per heavy atom. The van der Waals surface area contributed by atoms with E-state index >= 15 is 0 Å². The van der Waals surface area contributed by atoms with Crippen molar-refractivity contribution in [1.29, 1.82) is 0 Å².